The third-order valence-electron chi connectivity index (χ3n) is 4.72. The van der Waals surface area contributed by atoms with Crippen LogP contribution < -0.4 is 28.0 Å². The lowest BCUT2D eigenvalue weighted by Crippen LogP contribution is -2.40. The molecule has 5 atom stereocenters. The smallest absolute Gasteiger partial charge is 0.330 e. The molecule has 12 heteroatoms. The summed E-state index contributed by atoms with van der Waals surface area (Å²) in [5, 5.41) is 22.8. The van der Waals surface area contributed by atoms with Crippen molar-refractivity contribution in [2.45, 2.75) is 56.5 Å². The molecule has 0 bridgehead atoms. The topological polar surface area (TPSA) is 195 Å². The fourth-order valence-electron chi connectivity index (χ4n) is 3.04. The second kappa shape index (κ2) is 10.6. The molecule has 1 unspecified atom stereocenters. The van der Waals surface area contributed by atoms with Crippen molar-refractivity contribution in [3.63, 3.8) is 0 Å². The Kier molecular flexibility index (Phi) is 8.49. The van der Waals surface area contributed by atoms with Crippen molar-refractivity contribution in [1.82, 2.24) is 14.9 Å². The molecule has 1 fully saturated rings. The number of aromatic amines is 1. The highest BCUT2D eigenvalue weighted by molar-refractivity contribution is 5.93. The van der Waals surface area contributed by atoms with Gasteiger partial charge in [-0.25, -0.2) is 4.79 Å². The van der Waals surface area contributed by atoms with Crippen LogP contribution in [0.2, 0.25) is 0 Å². The molecule has 2 rings (SSSR count). The number of hydrogen-bond donors (Lipinski definition) is 6. The number of hydrogen-bond acceptors (Lipinski definition) is 9. The highest BCUT2D eigenvalue weighted by atomic mass is 16.6. The molecule has 0 saturated carbocycles. The SMILES string of the molecule is CNC(=O)c1cn([C@@H]2O[C@H](COC(N)CCCCCN)[C@@H](O)[C@H]2O)c(=O)[nH]c1=O. The van der Waals surface area contributed by atoms with Gasteiger partial charge in [-0.1, -0.05) is 6.42 Å². The van der Waals surface area contributed by atoms with E-state index in [4.69, 9.17) is 20.9 Å². The molecule has 0 radical (unpaired) electrons. The van der Waals surface area contributed by atoms with Gasteiger partial charge in [-0.05, 0) is 25.8 Å². The first kappa shape index (κ1) is 23.2. The zero-order valence-electron chi connectivity index (χ0n) is 16.2. The number of carbonyl (C=O) groups is 1. The highest BCUT2D eigenvalue weighted by Crippen LogP contribution is 2.28. The Morgan fingerprint density at radius 1 is 1.34 bits per heavy atom. The van der Waals surface area contributed by atoms with E-state index in [2.05, 4.69) is 5.32 Å². The molecule has 1 aromatic rings. The molecule has 1 amide bonds. The lowest BCUT2D eigenvalue weighted by Gasteiger charge is -2.19. The summed E-state index contributed by atoms with van der Waals surface area (Å²) >= 11 is 0. The average molecular weight is 415 g/mol. The van der Waals surface area contributed by atoms with Gasteiger partial charge in [0.15, 0.2) is 6.23 Å². The number of aromatic nitrogens is 2. The summed E-state index contributed by atoms with van der Waals surface area (Å²) in [5.41, 5.74) is 9.20. The highest BCUT2D eigenvalue weighted by Gasteiger charge is 2.44. The van der Waals surface area contributed by atoms with E-state index in [-0.39, 0.29) is 12.2 Å². The quantitative estimate of drug-likeness (QED) is 0.174. The molecular formula is C17H29N5O7. The Bertz CT molecular complexity index is 795. The van der Waals surface area contributed by atoms with Gasteiger partial charge in [-0.2, -0.15) is 0 Å². The second-order valence-corrected chi connectivity index (χ2v) is 6.84. The molecule has 1 saturated heterocycles. The van der Waals surface area contributed by atoms with Crippen LogP contribution in [-0.4, -0.2) is 70.4 Å². The third kappa shape index (κ3) is 5.72. The third-order valence-corrected chi connectivity index (χ3v) is 4.72. The number of nitrogens with two attached hydrogens (primary N) is 2. The van der Waals surface area contributed by atoms with Crippen LogP contribution in [0.5, 0.6) is 0 Å². The maximum absolute atomic E-state index is 12.1. The molecule has 1 aromatic heterocycles. The van der Waals surface area contributed by atoms with Gasteiger partial charge in [0.2, 0.25) is 0 Å². The van der Waals surface area contributed by atoms with Crippen molar-refractivity contribution in [2.75, 3.05) is 20.2 Å². The number of unbranched alkanes of at least 4 members (excludes halogenated alkanes) is 2. The van der Waals surface area contributed by atoms with E-state index in [9.17, 15) is 24.6 Å². The molecule has 0 spiro atoms. The number of ether oxygens (including phenoxy) is 2. The number of aliphatic hydroxyl groups is 2. The fourth-order valence-corrected chi connectivity index (χ4v) is 3.04. The summed E-state index contributed by atoms with van der Waals surface area (Å²) in [5.74, 6) is -0.714. The zero-order chi connectivity index (χ0) is 21.6. The summed E-state index contributed by atoms with van der Waals surface area (Å²) < 4.78 is 11.9. The van der Waals surface area contributed by atoms with Gasteiger partial charge in [0, 0.05) is 13.2 Å². The van der Waals surface area contributed by atoms with Crippen molar-refractivity contribution < 1.29 is 24.5 Å². The summed E-state index contributed by atoms with van der Waals surface area (Å²) in [6, 6.07) is 0. The summed E-state index contributed by atoms with van der Waals surface area (Å²) in [7, 11) is 1.33. The molecule has 2 heterocycles. The molecule has 0 aromatic carbocycles. The standard InChI is InChI=1S/C17H29N5O7/c1-20-14(25)9-7-22(17(27)21-15(9)26)16-13(24)12(23)10(29-16)8-28-11(19)5-3-2-4-6-18/h7,10-13,16,23-24H,2-6,8,18-19H2,1H3,(H,20,25)(H,21,26,27)/t10-,11?,12-,13-,16-/m1/s1. The van der Waals surface area contributed by atoms with Crippen LogP contribution in [0.3, 0.4) is 0 Å². The molecule has 164 valence electrons. The normalized spacial score (nSPS) is 25.1. The van der Waals surface area contributed by atoms with E-state index in [1.165, 1.54) is 7.05 Å². The van der Waals surface area contributed by atoms with E-state index in [1.54, 1.807) is 0 Å². The van der Waals surface area contributed by atoms with Crippen LogP contribution >= 0.6 is 0 Å². The van der Waals surface area contributed by atoms with Gasteiger partial charge in [-0.15, -0.1) is 0 Å². The molecule has 8 N–H and O–H groups in total. The van der Waals surface area contributed by atoms with Gasteiger partial charge < -0.3 is 36.5 Å². The minimum absolute atomic E-state index is 0.104. The van der Waals surface area contributed by atoms with E-state index in [0.29, 0.717) is 13.0 Å². The number of H-pyrrole nitrogens is 1. The van der Waals surface area contributed by atoms with Gasteiger partial charge >= 0.3 is 5.69 Å². The zero-order valence-corrected chi connectivity index (χ0v) is 16.2. The van der Waals surface area contributed by atoms with Crippen molar-refractivity contribution in [3.05, 3.63) is 32.6 Å². The lowest BCUT2D eigenvalue weighted by atomic mass is 10.1. The van der Waals surface area contributed by atoms with Crippen molar-refractivity contribution in [2.24, 2.45) is 11.5 Å². The van der Waals surface area contributed by atoms with Gasteiger partial charge in [0.1, 0.15) is 30.1 Å². The maximum atomic E-state index is 12.1. The summed E-state index contributed by atoms with van der Waals surface area (Å²) in [6.07, 6.45) is -1.42. The predicted molar refractivity (Wildman–Crippen MR) is 102 cm³/mol. The largest absolute Gasteiger partial charge is 0.387 e. The van der Waals surface area contributed by atoms with Gasteiger partial charge in [0.25, 0.3) is 11.5 Å². The number of amides is 1. The Balaban J connectivity index is 2.05. The lowest BCUT2D eigenvalue weighted by molar-refractivity contribution is -0.0834. The van der Waals surface area contributed by atoms with Crippen LogP contribution in [0.15, 0.2) is 15.8 Å². The first-order valence-corrected chi connectivity index (χ1v) is 9.46. The van der Waals surface area contributed by atoms with Crippen LogP contribution in [0.4, 0.5) is 0 Å². The Hall–Kier alpha value is -2.09. The molecule has 29 heavy (non-hydrogen) atoms. The molecule has 1 aliphatic heterocycles. The van der Waals surface area contributed by atoms with Gasteiger partial charge in [0.05, 0.1) is 6.61 Å². The average Bonchev–Trinajstić information content (AvgIpc) is 2.97. The number of nitrogens with one attached hydrogen (secondary N) is 2. The Morgan fingerprint density at radius 2 is 2.07 bits per heavy atom. The first-order valence-electron chi connectivity index (χ1n) is 9.46. The minimum atomic E-state index is -1.48. The number of nitrogens with zero attached hydrogens (tertiary/aromatic N) is 1. The molecule has 1 aliphatic rings. The van der Waals surface area contributed by atoms with E-state index in [1.807, 2.05) is 4.98 Å². The predicted octanol–water partition coefficient (Wildman–Crippen LogP) is -2.66. The number of aliphatic hydroxyl groups excluding tert-OH is 2. The molecule has 12 nitrogen and oxygen atoms in total. The van der Waals surface area contributed by atoms with Crippen molar-refractivity contribution >= 4 is 5.91 Å². The van der Waals surface area contributed by atoms with Crippen LogP contribution in [0.25, 0.3) is 0 Å². The van der Waals surface area contributed by atoms with E-state index in [0.717, 1.165) is 30.0 Å². The number of rotatable bonds is 10. The van der Waals surface area contributed by atoms with E-state index >= 15 is 0 Å². The van der Waals surface area contributed by atoms with Crippen molar-refractivity contribution in [3.8, 4) is 0 Å². The Labute approximate surface area is 166 Å². The van der Waals surface area contributed by atoms with Gasteiger partial charge in [-0.3, -0.25) is 19.1 Å². The van der Waals surface area contributed by atoms with E-state index < -0.39 is 47.9 Å². The monoisotopic (exact) mass is 415 g/mol. The summed E-state index contributed by atoms with van der Waals surface area (Å²) in [4.78, 5) is 37.7. The van der Waals surface area contributed by atoms with Crippen molar-refractivity contribution in [1.29, 1.82) is 0 Å². The first-order chi connectivity index (χ1) is 13.8. The Morgan fingerprint density at radius 3 is 2.72 bits per heavy atom. The fraction of sp³-hybridized carbons (Fsp3) is 0.706. The second-order valence-electron chi connectivity index (χ2n) is 6.84. The maximum Gasteiger partial charge on any atom is 0.330 e. The van der Waals surface area contributed by atoms with Crippen LogP contribution in [-0.2, 0) is 9.47 Å². The summed E-state index contributed by atoms with van der Waals surface area (Å²) in [6.45, 7) is 0.510. The number of carbonyl (C=O) groups excluding carboxylic acids is 1. The molecular weight excluding hydrogens is 386 g/mol. The minimum Gasteiger partial charge on any atom is -0.387 e. The molecule has 0 aliphatic carbocycles. The van der Waals surface area contributed by atoms with Crippen LogP contribution in [0, 0.1) is 0 Å². The van der Waals surface area contributed by atoms with Crippen LogP contribution in [0.1, 0.15) is 42.3 Å².